The normalized spacial score (nSPS) is 11.1. The molecule has 0 unspecified atom stereocenters. The van der Waals surface area contributed by atoms with Gasteiger partial charge in [0.15, 0.2) is 0 Å². The van der Waals surface area contributed by atoms with Gasteiger partial charge in [0.2, 0.25) is 15.9 Å². The summed E-state index contributed by atoms with van der Waals surface area (Å²) in [4.78, 5) is 12.5. The zero-order valence-corrected chi connectivity index (χ0v) is 18.2. The van der Waals surface area contributed by atoms with Crippen molar-refractivity contribution < 1.29 is 17.9 Å². The van der Waals surface area contributed by atoms with Gasteiger partial charge in [-0.25, -0.2) is 13.1 Å². The molecule has 0 fully saturated rings. The maximum Gasteiger partial charge on any atom is 0.240 e. The minimum Gasteiger partial charge on any atom is -0.489 e. The van der Waals surface area contributed by atoms with Crippen LogP contribution in [-0.2, 0) is 34.4 Å². The van der Waals surface area contributed by atoms with E-state index >= 15 is 0 Å². The maximum absolute atomic E-state index is 12.3. The lowest BCUT2D eigenvalue weighted by atomic mass is 10.1. The van der Waals surface area contributed by atoms with Crippen molar-refractivity contribution in [1.82, 2.24) is 10.0 Å². The number of benzene rings is 3. The third kappa shape index (κ3) is 6.67. The smallest absolute Gasteiger partial charge is 0.240 e. The van der Waals surface area contributed by atoms with E-state index in [2.05, 4.69) is 10.0 Å². The van der Waals surface area contributed by atoms with E-state index in [1.807, 2.05) is 54.6 Å². The van der Waals surface area contributed by atoms with Crippen molar-refractivity contribution in [3.8, 4) is 5.75 Å². The number of aryl methyl sites for hydroxylation is 1. The predicted molar refractivity (Wildman–Crippen MR) is 120 cm³/mol. The molecule has 0 atom stereocenters. The van der Waals surface area contributed by atoms with E-state index in [1.165, 1.54) is 7.05 Å². The van der Waals surface area contributed by atoms with E-state index in [9.17, 15) is 13.2 Å². The average molecular weight is 439 g/mol. The number of hydrogen-bond donors (Lipinski definition) is 2. The van der Waals surface area contributed by atoms with Gasteiger partial charge in [-0.15, -0.1) is 0 Å². The molecular formula is C24H26N2O4S. The highest BCUT2D eigenvalue weighted by Crippen LogP contribution is 2.15. The van der Waals surface area contributed by atoms with Crippen LogP contribution in [0.2, 0.25) is 0 Å². The molecule has 0 spiro atoms. The summed E-state index contributed by atoms with van der Waals surface area (Å²) in [5, 5.41) is 2.95. The number of hydrogen-bond acceptors (Lipinski definition) is 4. The molecule has 0 aliphatic carbocycles. The number of para-hydroxylation sites is 1. The van der Waals surface area contributed by atoms with Gasteiger partial charge in [-0.3, -0.25) is 4.79 Å². The molecule has 0 aliphatic rings. The average Bonchev–Trinajstić information content (AvgIpc) is 2.81. The van der Waals surface area contributed by atoms with Crippen molar-refractivity contribution in [2.45, 2.75) is 30.9 Å². The fourth-order valence-corrected chi connectivity index (χ4v) is 3.77. The zero-order valence-electron chi connectivity index (χ0n) is 17.4. The highest BCUT2D eigenvalue weighted by atomic mass is 32.2. The van der Waals surface area contributed by atoms with E-state index < -0.39 is 10.0 Å². The topological polar surface area (TPSA) is 84.5 Å². The van der Waals surface area contributed by atoms with Crippen LogP contribution in [0.4, 0.5) is 0 Å². The molecule has 0 bridgehead atoms. The van der Waals surface area contributed by atoms with Crippen LogP contribution in [0.25, 0.3) is 0 Å². The number of sulfonamides is 1. The standard InChI is InChI=1S/C24H26N2O4S/c1-25-31(28,29)23-14-11-19(12-15-23)13-16-24(27)26-17-20-7-5-6-8-21(20)18-30-22-9-3-2-4-10-22/h2-12,14-15,25H,13,16-18H2,1H3,(H,26,27). The molecule has 3 aromatic rings. The fourth-order valence-electron chi connectivity index (χ4n) is 3.04. The second kappa shape index (κ2) is 10.7. The van der Waals surface area contributed by atoms with E-state index in [1.54, 1.807) is 24.3 Å². The molecule has 162 valence electrons. The molecule has 6 nitrogen and oxygen atoms in total. The molecule has 0 radical (unpaired) electrons. The maximum atomic E-state index is 12.3. The highest BCUT2D eigenvalue weighted by molar-refractivity contribution is 7.89. The molecule has 7 heteroatoms. The molecular weight excluding hydrogens is 412 g/mol. The number of carbonyl (C=O) groups excluding carboxylic acids is 1. The van der Waals surface area contributed by atoms with E-state index in [0.29, 0.717) is 26.0 Å². The molecule has 3 aromatic carbocycles. The quantitative estimate of drug-likeness (QED) is 0.508. The summed E-state index contributed by atoms with van der Waals surface area (Å²) in [6.07, 6.45) is 0.852. The third-order valence-corrected chi connectivity index (χ3v) is 6.31. The Kier molecular flexibility index (Phi) is 7.81. The van der Waals surface area contributed by atoms with E-state index in [-0.39, 0.29) is 10.8 Å². The van der Waals surface area contributed by atoms with Crippen LogP contribution in [0.1, 0.15) is 23.1 Å². The van der Waals surface area contributed by atoms with Crippen molar-refractivity contribution in [3.05, 3.63) is 95.6 Å². The Labute approximate surface area is 183 Å². The summed E-state index contributed by atoms with van der Waals surface area (Å²) in [5.41, 5.74) is 2.93. The van der Waals surface area contributed by atoms with Crippen molar-refractivity contribution in [1.29, 1.82) is 0 Å². The van der Waals surface area contributed by atoms with E-state index in [0.717, 1.165) is 22.4 Å². The lowest BCUT2D eigenvalue weighted by molar-refractivity contribution is -0.121. The van der Waals surface area contributed by atoms with Gasteiger partial charge >= 0.3 is 0 Å². The number of nitrogens with one attached hydrogen (secondary N) is 2. The van der Waals surface area contributed by atoms with Crippen LogP contribution in [0.5, 0.6) is 5.75 Å². The van der Waals surface area contributed by atoms with Crippen molar-refractivity contribution in [2.75, 3.05) is 7.05 Å². The highest BCUT2D eigenvalue weighted by Gasteiger charge is 2.11. The summed E-state index contributed by atoms with van der Waals surface area (Å²) in [5.74, 6) is 0.737. The van der Waals surface area contributed by atoms with Gasteiger partial charge in [-0.1, -0.05) is 54.6 Å². The first-order valence-corrected chi connectivity index (χ1v) is 11.5. The van der Waals surface area contributed by atoms with Gasteiger partial charge in [0.05, 0.1) is 4.90 Å². The largest absolute Gasteiger partial charge is 0.489 e. The molecule has 0 aliphatic heterocycles. The number of carbonyl (C=O) groups is 1. The molecule has 2 N–H and O–H groups in total. The fraction of sp³-hybridized carbons (Fsp3) is 0.208. The van der Waals surface area contributed by atoms with Crippen LogP contribution < -0.4 is 14.8 Å². The first-order chi connectivity index (χ1) is 15.0. The predicted octanol–water partition coefficient (Wildman–Crippen LogP) is 3.42. The summed E-state index contributed by atoms with van der Waals surface area (Å²) >= 11 is 0. The molecule has 0 heterocycles. The van der Waals surface area contributed by atoms with Crippen molar-refractivity contribution >= 4 is 15.9 Å². The van der Waals surface area contributed by atoms with Gasteiger partial charge < -0.3 is 10.1 Å². The molecule has 0 saturated carbocycles. The zero-order chi connectivity index (χ0) is 22.1. The summed E-state index contributed by atoms with van der Waals surface area (Å²) in [6, 6.07) is 24.0. The Hall–Kier alpha value is -3.16. The summed E-state index contributed by atoms with van der Waals surface area (Å²) < 4.78 is 31.6. The Bertz CT molecular complexity index is 1100. The Morgan fingerprint density at radius 3 is 2.19 bits per heavy atom. The molecule has 1 amide bonds. The first-order valence-electron chi connectivity index (χ1n) is 10.0. The van der Waals surface area contributed by atoms with Gasteiger partial charge in [-0.05, 0) is 54.4 Å². The van der Waals surface area contributed by atoms with Crippen LogP contribution in [0.15, 0.2) is 83.8 Å². The Morgan fingerprint density at radius 1 is 0.871 bits per heavy atom. The third-order valence-electron chi connectivity index (χ3n) is 4.88. The lowest BCUT2D eigenvalue weighted by Gasteiger charge is -2.12. The van der Waals surface area contributed by atoms with Crippen molar-refractivity contribution in [2.24, 2.45) is 0 Å². The van der Waals surface area contributed by atoms with Gasteiger partial charge in [0.25, 0.3) is 0 Å². The lowest BCUT2D eigenvalue weighted by Crippen LogP contribution is -2.23. The summed E-state index contributed by atoms with van der Waals surface area (Å²) in [7, 11) is -2.08. The monoisotopic (exact) mass is 438 g/mol. The molecule has 31 heavy (non-hydrogen) atoms. The van der Waals surface area contributed by atoms with Crippen LogP contribution in [0.3, 0.4) is 0 Å². The molecule has 3 rings (SSSR count). The minimum atomic E-state index is -3.45. The van der Waals surface area contributed by atoms with Crippen LogP contribution in [0, 0.1) is 0 Å². The second-order valence-electron chi connectivity index (χ2n) is 7.00. The van der Waals surface area contributed by atoms with E-state index in [4.69, 9.17) is 4.74 Å². The SMILES string of the molecule is CNS(=O)(=O)c1ccc(CCC(=O)NCc2ccccc2COc2ccccc2)cc1. The number of rotatable bonds is 10. The number of ether oxygens (including phenoxy) is 1. The van der Waals surface area contributed by atoms with Gasteiger partial charge in [-0.2, -0.15) is 0 Å². The minimum absolute atomic E-state index is 0.0642. The molecule has 0 aromatic heterocycles. The number of amides is 1. The molecule has 0 saturated heterocycles. The van der Waals surface area contributed by atoms with Crippen LogP contribution in [-0.4, -0.2) is 21.4 Å². The first kappa shape index (κ1) is 22.5. The Balaban J connectivity index is 1.50. The second-order valence-corrected chi connectivity index (χ2v) is 8.89. The van der Waals surface area contributed by atoms with Gasteiger partial charge in [0, 0.05) is 13.0 Å². The van der Waals surface area contributed by atoms with Crippen LogP contribution >= 0.6 is 0 Å². The summed E-state index contributed by atoms with van der Waals surface area (Å²) in [6.45, 7) is 0.852. The van der Waals surface area contributed by atoms with Crippen molar-refractivity contribution in [3.63, 3.8) is 0 Å². The Morgan fingerprint density at radius 2 is 1.52 bits per heavy atom. The van der Waals surface area contributed by atoms with Gasteiger partial charge in [0.1, 0.15) is 12.4 Å².